The minimum Gasteiger partial charge on any atom is -0.343 e. The molecule has 0 atom stereocenters. The first kappa shape index (κ1) is 18.6. The van der Waals surface area contributed by atoms with Crippen LogP contribution >= 0.6 is 0 Å². The van der Waals surface area contributed by atoms with Crippen molar-refractivity contribution in [3.05, 3.63) is 80.1 Å². The summed E-state index contributed by atoms with van der Waals surface area (Å²) in [4.78, 5) is 26.7. The number of pyridine rings is 2. The predicted molar refractivity (Wildman–Crippen MR) is 126 cm³/mol. The van der Waals surface area contributed by atoms with E-state index in [1.54, 1.807) is 0 Å². The van der Waals surface area contributed by atoms with Crippen LogP contribution in [0.15, 0.2) is 58.1 Å². The van der Waals surface area contributed by atoms with Crippen LogP contribution in [-0.4, -0.2) is 9.13 Å². The Morgan fingerprint density at radius 1 is 0.567 bits per heavy atom. The summed E-state index contributed by atoms with van der Waals surface area (Å²) in [7, 11) is 3.93. The van der Waals surface area contributed by atoms with Gasteiger partial charge >= 0.3 is 0 Å². The molecule has 0 N–H and O–H groups in total. The fourth-order valence-electron chi connectivity index (χ4n) is 4.58. The lowest BCUT2D eigenvalue weighted by atomic mass is 10.0. The normalized spacial score (nSPS) is 11.9. The van der Waals surface area contributed by atoms with E-state index in [0.717, 1.165) is 34.9 Å². The second-order valence-electron chi connectivity index (χ2n) is 8.07. The molecule has 4 nitrogen and oxygen atoms in total. The van der Waals surface area contributed by atoms with E-state index in [1.165, 1.54) is 11.1 Å². The molecule has 5 rings (SSSR count). The van der Waals surface area contributed by atoms with Gasteiger partial charge in [-0.3, -0.25) is 9.59 Å². The SMILES string of the molecule is CCc1ccc2c(=O)c3cc4c(cc3n(C)c2c1)c(=O)c1ccc(CC)cc1n4C. The van der Waals surface area contributed by atoms with Gasteiger partial charge < -0.3 is 9.13 Å². The number of rotatable bonds is 2. The molecule has 0 bridgehead atoms. The predicted octanol–water partition coefficient (Wildman–Crippen LogP) is 4.82. The van der Waals surface area contributed by atoms with Crippen molar-refractivity contribution in [3.8, 4) is 0 Å². The first-order valence-electron chi connectivity index (χ1n) is 10.4. The molecular formula is C26H24N2O2. The fourth-order valence-corrected chi connectivity index (χ4v) is 4.58. The van der Waals surface area contributed by atoms with Crippen LogP contribution in [0.5, 0.6) is 0 Å². The molecule has 150 valence electrons. The molecule has 2 heterocycles. The van der Waals surface area contributed by atoms with Gasteiger partial charge in [-0.2, -0.15) is 0 Å². The molecule has 5 aromatic rings. The molecule has 0 saturated heterocycles. The lowest BCUT2D eigenvalue weighted by Crippen LogP contribution is -2.13. The van der Waals surface area contributed by atoms with Crippen molar-refractivity contribution < 1.29 is 0 Å². The van der Waals surface area contributed by atoms with Crippen molar-refractivity contribution >= 4 is 43.6 Å². The van der Waals surface area contributed by atoms with Crippen LogP contribution in [0.2, 0.25) is 0 Å². The Labute approximate surface area is 174 Å². The highest BCUT2D eigenvalue weighted by Crippen LogP contribution is 2.26. The number of nitrogens with zero attached hydrogens (tertiary/aromatic N) is 2. The van der Waals surface area contributed by atoms with E-state index in [9.17, 15) is 9.59 Å². The smallest absolute Gasteiger partial charge is 0.197 e. The molecular weight excluding hydrogens is 372 g/mol. The topological polar surface area (TPSA) is 44.0 Å². The highest BCUT2D eigenvalue weighted by Gasteiger charge is 2.15. The summed E-state index contributed by atoms with van der Waals surface area (Å²) in [6.45, 7) is 4.21. The van der Waals surface area contributed by atoms with E-state index in [-0.39, 0.29) is 10.9 Å². The maximum absolute atomic E-state index is 13.3. The maximum atomic E-state index is 13.3. The quantitative estimate of drug-likeness (QED) is 0.402. The summed E-state index contributed by atoms with van der Waals surface area (Å²) >= 11 is 0. The molecule has 0 amide bonds. The minimum atomic E-state index is 0.0116. The van der Waals surface area contributed by atoms with Crippen molar-refractivity contribution in [2.24, 2.45) is 14.1 Å². The van der Waals surface area contributed by atoms with E-state index < -0.39 is 0 Å². The summed E-state index contributed by atoms with van der Waals surface area (Å²) in [6, 6.07) is 15.8. The van der Waals surface area contributed by atoms with Gasteiger partial charge in [0, 0.05) is 35.6 Å². The third-order valence-electron chi connectivity index (χ3n) is 6.48. The van der Waals surface area contributed by atoms with Gasteiger partial charge in [0.15, 0.2) is 10.9 Å². The number of hydrogen-bond donors (Lipinski definition) is 0. The average Bonchev–Trinajstić information content (AvgIpc) is 2.79. The molecule has 30 heavy (non-hydrogen) atoms. The monoisotopic (exact) mass is 396 g/mol. The van der Waals surface area contributed by atoms with Crippen LogP contribution < -0.4 is 10.9 Å². The summed E-state index contributed by atoms with van der Waals surface area (Å²) in [6.07, 6.45) is 1.82. The zero-order valence-electron chi connectivity index (χ0n) is 17.7. The first-order chi connectivity index (χ1) is 14.4. The third-order valence-corrected chi connectivity index (χ3v) is 6.48. The van der Waals surface area contributed by atoms with Crippen molar-refractivity contribution in [1.29, 1.82) is 0 Å². The number of benzene rings is 3. The van der Waals surface area contributed by atoms with E-state index in [4.69, 9.17) is 0 Å². The molecule has 0 aliphatic heterocycles. The Kier molecular flexibility index (Phi) is 4.07. The molecule has 0 unspecified atom stereocenters. The second-order valence-corrected chi connectivity index (χ2v) is 8.07. The van der Waals surface area contributed by atoms with Gasteiger partial charge in [-0.05, 0) is 60.4 Å². The van der Waals surface area contributed by atoms with E-state index >= 15 is 0 Å². The molecule has 0 fully saturated rings. The largest absolute Gasteiger partial charge is 0.343 e. The second kappa shape index (κ2) is 6.56. The Hall–Kier alpha value is -3.40. The van der Waals surface area contributed by atoms with Gasteiger partial charge in [0.25, 0.3) is 0 Å². The molecule has 4 heteroatoms. The number of aromatic nitrogens is 2. The molecule has 0 saturated carbocycles. The van der Waals surface area contributed by atoms with Gasteiger partial charge in [-0.15, -0.1) is 0 Å². The van der Waals surface area contributed by atoms with Crippen molar-refractivity contribution in [3.63, 3.8) is 0 Å². The summed E-state index contributed by atoms with van der Waals surface area (Å²) < 4.78 is 4.07. The minimum absolute atomic E-state index is 0.0116. The number of fused-ring (bicyclic) bond motifs is 4. The van der Waals surface area contributed by atoms with E-state index in [2.05, 4.69) is 26.0 Å². The van der Waals surface area contributed by atoms with E-state index in [0.29, 0.717) is 21.5 Å². The van der Waals surface area contributed by atoms with Gasteiger partial charge in [0.1, 0.15) is 0 Å². The third kappa shape index (κ3) is 2.46. The number of hydrogen-bond acceptors (Lipinski definition) is 2. The molecule has 2 aromatic heterocycles. The summed E-state index contributed by atoms with van der Waals surface area (Å²) in [5, 5.41) is 2.70. The summed E-state index contributed by atoms with van der Waals surface area (Å²) in [5.41, 5.74) is 5.77. The first-order valence-corrected chi connectivity index (χ1v) is 10.4. The van der Waals surface area contributed by atoms with Crippen molar-refractivity contribution in [2.75, 3.05) is 0 Å². The van der Waals surface area contributed by atoms with Crippen molar-refractivity contribution in [2.45, 2.75) is 26.7 Å². The average molecular weight is 396 g/mol. The Morgan fingerprint density at radius 3 is 1.30 bits per heavy atom. The lowest BCUT2D eigenvalue weighted by Gasteiger charge is -2.15. The van der Waals surface area contributed by atoms with Crippen LogP contribution in [0.25, 0.3) is 43.6 Å². The fraction of sp³-hybridized carbons (Fsp3) is 0.231. The van der Waals surface area contributed by atoms with E-state index in [1.807, 2.05) is 59.6 Å². The van der Waals surface area contributed by atoms with Crippen LogP contribution in [0.3, 0.4) is 0 Å². The maximum Gasteiger partial charge on any atom is 0.197 e. The van der Waals surface area contributed by atoms with Crippen LogP contribution in [-0.2, 0) is 26.9 Å². The van der Waals surface area contributed by atoms with Crippen LogP contribution in [0, 0.1) is 0 Å². The van der Waals surface area contributed by atoms with Gasteiger partial charge in [-0.25, -0.2) is 0 Å². The zero-order valence-corrected chi connectivity index (χ0v) is 17.7. The standard InChI is InChI=1S/C26H24N2O2/c1-5-15-7-9-17-21(11-15)27(3)23-13-20-24(14-19(23)25(17)29)28(4)22-12-16(6-2)8-10-18(22)26(20)30/h7-14H,5-6H2,1-4H3. The van der Waals surface area contributed by atoms with Gasteiger partial charge in [0.05, 0.1) is 22.1 Å². The molecule has 0 radical (unpaired) electrons. The zero-order chi connectivity index (χ0) is 21.2. The lowest BCUT2D eigenvalue weighted by molar-refractivity contribution is 0.989. The number of aryl methyl sites for hydroxylation is 4. The van der Waals surface area contributed by atoms with Gasteiger partial charge in [0.2, 0.25) is 0 Å². The van der Waals surface area contributed by atoms with Crippen molar-refractivity contribution in [1.82, 2.24) is 9.13 Å². The van der Waals surface area contributed by atoms with Crippen LogP contribution in [0.4, 0.5) is 0 Å². The molecule has 0 aliphatic rings. The summed E-state index contributed by atoms with van der Waals surface area (Å²) in [5.74, 6) is 0. The Balaban J connectivity index is 2.01. The Bertz CT molecular complexity index is 1500. The highest BCUT2D eigenvalue weighted by molar-refractivity contribution is 6.03. The van der Waals surface area contributed by atoms with Gasteiger partial charge in [-0.1, -0.05) is 26.0 Å². The molecule has 0 spiro atoms. The van der Waals surface area contributed by atoms with Crippen LogP contribution in [0.1, 0.15) is 25.0 Å². The highest BCUT2D eigenvalue weighted by atomic mass is 16.1. The molecule has 3 aromatic carbocycles. The molecule has 0 aliphatic carbocycles. The Morgan fingerprint density at radius 2 is 0.933 bits per heavy atom.